The first-order chi connectivity index (χ1) is 18.0. The van der Waals surface area contributed by atoms with E-state index in [0.29, 0.717) is 30.5 Å². The number of ether oxygens (including phenoxy) is 1. The number of esters is 1. The lowest BCUT2D eigenvalue weighted by Gasteiger charge is -2.41. The van der Waals surface area contributed by atoms with Gasteiger partial charge in [0.25, 0.3) is 10.0 Å². The third-order valence-electron chi connectivity index (χ3n) is 6.71. The number of halogens is 3. The van der Waals surface area contributed by atoms with E-state index in [1.807, 2.05) is 34.6 Å². The molecule has 0 saturated heterocycles. The summed E-state index contributed by atoms with van der Waals surface area (Å²) in [4.78, 5) is 17.0. The number of nitrogens with one attached hydrogen (secondary N) is 1. The standard InChI is InChI=1S/C28H35F3N2O5S/c1-6-12-27(13-7-2)17-21(34)23(25(35)38-27)24(26(3,4)5)18-9-8-10-20(15-18)33-39(36,37)22-16-19(11-14-32-22)28(29,30)31/h8-11,14-16,24,33-34H,6-7,12-13,17H2,1-5H3. The van der Waals surface area contributed by atoms with Gasteiger partial charge < -0.3 is 9.84 Å². The number of carbonyl (C=O) groups is 1. The van der Waals surface area contributed by atoms with Crippen LogP contribution < -0.4 is 4.72 Å². The maximum atomic E-state index is 13.4. The molecule has 0 amide bonds. The molecular weight excluding hydrogens is 533 g/mol. The molecule has 39 heavy (non-hydrogen) atoms. The van der Waals surface area contributed by atoms with Gasteiger partial charge >= 0.3 is 12.1 Å². The highest BCUT2D eigenvalue weighted by Gasteiger charge is 2.45. The van der Waals surface area contributed by atoms with Crippen molar-refractivity contribution < 1.29 is 36.2 Å². The van der Waals surface area contributed by atoms with Gasteiger partial charge in [-0.15, -0.1) is 0 Å². The zero-order valence-corrected chi connectivity index (χ0v) is 23.5. The van der Waals surface area contributed by atoms with E-state index in [9.17, 15) is 31.5 Å². The van der Waals surface area contributed by atoms with Crippen LogP contribution in [0.1, 0.15) is 83.8 Å². The van der Waals surface area contributed by atoms with Crippen molar-refractivity contribution in [1.82, 2.24) is 4.98 Å². The average molecular weight is 569 g/mol. The van der Waals surface area contributed by atoms with Crippen LogP contribution in [0.4, 0.5) is 18.9 Å². The quantitative estimate of drug-likeness (QED) is 0.312. The number of aliphatic hydroxyl groups excluding tert-OH is 1. The molecule has 0 radical (unpaired) electrons. The van der Waals surface area contributed by atoms with E-state index < -0.39 is 49.7 Å². The van der Waals surface area contributed by atoms with Crippen molar-refractivity contribution in [3.63, 3.8) is 0 Å². The van der Waals surface area contributed by atoms with Crippen LogP contribution in [0.3, 0.4) is 0 Å². The van der Waals surface area contributed by atoms with Gasteiger partial charge in [0.2, 0.25) is 0 Å². The Morgan fingerprint density at radius 2 is 1.74 bits per heavy atom. The molecule has 1 aromatic heterocycles. The SMILES string of the molecule is CCCC1(CCC)CC(O)=C(C(c2cccc(NS(=O)(=O)c3cc(C(F)(F)F)ccn3)c2)C(C)(C)C)C(=O)O1. The van der Waals surface area contributed by atoms with Gasteiger partial charge in [0.1, 0.15) is 11.4 Å². The van der Waals surface area contributed by atoms with Crippen LogP contribution in [0.25, 0.3) is 0 Å². The van der Waals surface area contributed by atoms with Crippen molar-refractivity contribution in [3.05, 3.63) is 65.1 Å². The second kappa shape index (κ2) is 11.2. The molecule has 1 aliphatic rings. The van der Waals surface area contributed by atoms with Crippen LogP contribution in [0.5, 0.6) is 0 Å². The summed E-state index contributed by atoms with van der Waals surface area (Å²) in [6.07, 6.45) is -0.970. The highest BCUT2D eigenvalue weighted by atomic mass is 32.2. The zero-order valence-electron chi connectivity index (χ0n) is 22.7. The number of hydrogen-bond donors (Lipinski definition) is 2. The Kier molecular flexibility index (Phi) is 8.74. The molecular formula is C28H35F3N2O5S. The van der Waals surface area contributed by atoms with Gasteiger partial charge in [0.15, 0.2) is 5.03 Å². The smallest absolute Gasteiger partial charge is 0.416 e. The normalized spacial score (nSPS) is 17.1. The fraction of sp³-hybridized carbons (Fsp3) is 0.500. The second-order valence-electron chi connectivity index (χ2n) is 11.0. The second-order valence-corrected chi connectivity index (χ2v) is 12.6. The van der Waals surface area contributed by atoms with Gasteiger partial charge in [-0.1, -0.05) is 59.6 Å². The largest absolute Gasteiger partial charge is 0.512 e. The monoisotopic (exact) mass is 568 g/mol. The van der Waals surface area contributed by atoms with Gasteiger partial charge in [-0.2, -0.15) is 21.6 Å². The van der Waals surface area contributed by atoms with E-state index in [0.717, 1.165) is 19.0 Å². The molecule has 214 valence electrons. The molecule has 2 N–H and O–H groups in total. The number of nitrogens with zero attached hydrogens (tertiary/aromatic N) is 1. The highest BCUT2D eigenvalue weighted by Crippen LogP contribution is 2.47. The minimum Gasteiger partial charge on any atom is -0.512 e. The number of rotatable bonds is 9. The Morgan fingerprint density at radius 1 is 1.10 bits per heavy atom. The summed E-state index contributed by atoms with van der Waals surface area (Å²) in [6.45, 7) is 9.62. The Morgan fingerprint density at radius 3 is 2.28 bits per heavy atom. The number of aliphatic hydroxyl groups is 1. The van der Waals surface area contributed by atoms with Crippen molar-refractivity contribution in [3.8, 4) is 0 Å². The maximum absolute atomic E-state index is 13.4. The molecule has 0 bridgehead atoms. The van der Waals surface area contributed by atoms with Crippen molar-refractivity contribution in [2.45, 2.75) is 89.4 Å². The topological polar surface area (TPSA) is 106 Å². The van der Waals surface area contributed by atoms with Crippen molar-refractivity contribution in [1.29, 1.82) is 0 Å². The molecule has 1 atom stereocenters. The maximum Gasteiger partial charge on any atom is 0.416 e. The predicted octanol–water partition coefficient (Wildman–Crippen LogP) is 7.13. The first kappa shape index (κ1) is 30.5. The molecule has 0 spiro atoms. The molecule has 2 aromatic rings. The lowest BCUT2D eigenvalue weighted by Crippen LogP contribution is -2.42. The number of sulfonamides is 1. The Balaban J connectivity index is 2.02. The van der Waals surface area contributed by atoms with Crippen molar-refractivity contribution in [2.75, 3.05) is 4.72 Å². The highest BCUT2D eigenvalue weighted by molar-refractivity contribution is 7.92. The Bertz CT molecular complexity index is 1340. The van der Waals surface area contributed by atoms with Crippen LogP contribution in [0.15, 0.2) is 59.0 Å². The summed E-state index contributed by atoms with van der Waals surface area (Å²) in [5.41, 5.74) is -1.80. The van der Waals surface area contributed by atoms with Gasteiger partial charge in [0, 0.05) is 24.2 Å². The fourth-order valence-corrected chi connectivity index (χ4v) is 6.25. The number of hydrogen-bond acceptors (Lipinski definition) is 6. The van der Waals surface area contributed by atoms with Crippen molar-refractivity contribution >= 4 is 21.7 Å². The first-order valence-corrected chi connectivity index (χ1v) is 14.3. The summed E-state index contributed by atoms with van der Waals surface area (Å²) >= 11 is 0. The number of aromatic nitrogens is 1. The minimum atomic E-state index is -4.73. The molecule has 2 heterocycles. The summed E-state index contributed by atoms with van der Waals surface area (Å²) < 4.78 is 73.4. The number of alkyl halides is 3. The molecule has 7 nitrogen and oxygen atoms in total. The van der Waals surface area contributed by atoms with Crippen LogP contribution >= 0.6 is 0 Å². The van der Waals surface area contributed by atoms with Crippen LogP contribution in [-0.4, -0.2) is 30.1 Å². The summed E-state index contributed by atoms with van der Waals surface area (Å²) in [5, 5.41) is 10.4. The average Bonchev–Trinajstić information content (AvgIpc) is 2.80. The van der Waals surface area contributed by atoms with Gasteiger partial charge in [-0.05, 0) is 48.1 Å². The van der Waals surface area contributed by atoms with Crippen LogP contribution in [0.2, 0.25) is 0 Å². The van der Waals surface area contributed by atoms with Crippen LogP contribution in [0, 0.1) is 5.41 Å². The molecule has 3 rings (SSSR count). The third-order valence-corrected chi connectivity index (χ3v) is 7.98. The first-order valence-electron chi connectivity index (χ1n) is 12.8. The van der Waals surface area contributed by atoms with Gasteiger partial charge in [-0.3, -0.25) is 4.72 Å². The van der Waals surface area contributed by atoms with E-state index in [4.69, 9.17) is 4.74 Å². The van der Waals surface area contributed by atoms with E-state index in [-0.39, 0.29) is 23.4 Å². The molecule has 0 aliphatic carbocycles. The summed E-state index contributed by atoms with van der Waals surface area (Å²) in [6, 6.07) is 7.35. The number of benzene rings is 1. The Labute approximate surface area is 227 Å². The zero-order chi connectivity index (χ0) is 29.2. The lowest BCUT2D eigenvalue weighted by atomic mass is 9.70. The third kappa shape index (κ3) is 6.93. The van der Waals surface area contributed by atoms with Gasteiger partial charge in [0.05, 0.1) is 11.1 Å². The van der Waals surface area contributed by atoms with E-state index in [1.54, 1.807) is 12.1 Å². The molecule has 0 fully saturated rings. The molecule has 1 aliphatic heterocycles. The summed E-state index contributed by atoms with van der Waals surface area (Å²) in [5.74, 6) is -1.32. The Hall–Kier alpha value is -3.08. The molecule has 11 heteroatoms. The van der Waals surface area contributed by atoms with Gasteiger partial charge in [-0.25, -0.2) is 9.78 Å². The van der Waals surface area contributed by atoms with E-state index in [1.165, 1.54) is 12.1 Å². The lowest BCUT2D eigenvalue weighted by molar-refractivity contribution is -0.161. The van der Waals surface area contributed by atoms with E-state index >= 15 is 0 Å². The van der Waals surface area contributed by atoms with Crippen LogP contribution in [-0.2, 0) is 25.7 Å². The fourth-order valence-electron chi connectivity index (χ4n) is 5.23. The molecule has 1 aromatic carbocycles. The minimum absolute atomic E-state index is 0.0489. The number of carbonyl (C=O) groups excluding carboxylic acids is 1. The summed E-state index contributed by atoms with van der Waals surface area (Å²) in [7, 11) is -4.46. The number of anilines is 1. The number of cyclic esters (lactones) is 1. The van der Waals surface area contributed by atoms with E-state index in [2.05, 4.69) is 9.71 Å². The molecule has 1 unspecified atom stereocenters. The number of pyridine rings is 1. The molecule has 0 saturated carbocycles. The van der Waals surface area contributed by atoms with Crippen molar-refractivity contribution in [2.24, 2.45) is 5.41 Å². The predicted molar refractivity (Wildman–Crippen MR) is 142 cm³/mol.